The second-order valence-corrected chi connectivity index (χ2v) is 2.47. The van der Waals surface area contributed by atoms with Crippen molar-refractivity contribution in [3.8, 4) is 0 Å². The van der Waals surface area contributed by atoms with Gasteiger partial charge in [-0.3, -0.25) is 0 Å². The van der Waals surface area contributed by atoms with Crippen LogP contribution in [0.5, 0.6) is 0 Å². The molecule has 2 unspecified atom stereocenters. The summed E-state index contributed by atoms with van der Waals surface area (Å²) < 4.78 is 4.99. The highest BCUT2D eigenvalue weighted by molar-refractivity contribution is 4.53. The van der Waals surface area contributed by atoms with Gasteiger partial charge >= 0.3 is 0 Å². The number of hydrogen-bond acceptors (Lipinski definition) is 2. The van der Waals surface area contributed by atoms with E-state index in [2.05, 4.69) is 0 Å². The van der Waals surface area contributed by atoms with E-state index < -0.39 is 0 Å². The lowest BCUT2D eigenvalue weighted by atomic mass is 10.1. The van der Waals surface area contributed by atoms with Crippen LogP contribution in [0.2, 0.25) is 0 Å². The Hall–Kier alpha value is -0.0800. The van der Waals surface area contributed by atoms with Gasteiger partial charge in [-0.15, -0.1) is 0 Å². The van der Waals surface area contributed by atoms with Crippen LogP contribution in [-0.2, 0) is 4.74 Å². The number of methoxy groups -OCH3 is 1. The number of aliphatic hydroxyl groups excluding tert-OH is 1. The molecule has 2 atom stereocenters. The van der Waals surface area contributed by atoms with Crippen LogP contribution in [-0.4, -0.2) is 24.4 Å². The summed E-state index contributed by atoms with van der Waals surface area (Å²) in [5.41, 5.74) is 0. The van der Waals surface area contributed by atoms with Crippen LogP contribution in [0.4, 0.5) is 0 Å². The van der Waals surface area contributed by atoms with Gasteiger partial charge < -0.3 is 9.84 Å². The maximum absolute atomic E-state index is 8.84. The van der Waals surface area contributed by atoms with E-state index in [1.807, 2.05) is 20.8 Å². The molecule has 0 fully saturated rings. The first-order valence-electron chi connectivity index (χ1n) is 4.37. The zero-order chi connectivity index (χ0) is 9.28. The highest BCUT2D eigenvalue weighted by atomic mass is 16.5. The van der Waals surface area contributed by atoms with Crippen LogP contribution < -0.4 is 0 Å². The minimum absolute atomic E-state index is 0.192. The molecule has 1 N–H and O–H groups in total. The smallest absolute Gasteiger partial charge is 0.0544 e. The van der Waals surface area contributed by atoms with E-state index in [1.54, 1.807) is 14.0 Å². The van der Waals surface area contributed by atoms with Crippen molar-refractivity contribution in [2.75, 3.05) is 7.11 Å². The summed E-state index contributed by atoms with van der Waals surface area (Å²) in [4.78, 5) is 0. The van der Waals surface area contributed by atoms with Crippen LogP contribution >= 0.6 is 0 Å². The summed E-state index contributed by atoms with van der Waals surface area (Å²) in [6.45, 7) is 7.80. The molecule has 0 bridgehead atoms. The van der Waals surface area contributed by atoms with Gasteiger partial charge in [0.05, 0.1) is 12.2 Å². The van der Waals surface area contributed by atoms with Crippen LogP contribution in [0, 0.1) is 0 Å². The zero-order valence-corrected chi connectivity index (χ0v) is 8.42. The molecule has 0 aromatic carbocycles. The van der Waals surface area contributed by atoms with E-state index >= 15 is 0 Å². The summed E-state index contributed by atoms with van der Waals surface area (Å²) in [6.07, 6.45) is 1.85. The number of aliphatic hydroxyl groups is 1. The first kappa shape index (κ1) is 13.5. The van der Waals surface area contributed by atoms with Gasteiger partial charge in [0.1, 0.15) is 0 Å². The quantitative estimate of drug-likeness (QED) is 0.686. The minimum Gasteiger partial charge on any atom is -0.393 e. The van der Waals surface area contributed by atoms with Gasteiger partial charge in [0.25, 0.3) is 0 Å². The lowest BCUT2D eigenvalue weighted by molar-refractivity contribution is 0.0896. The predicted molar refractivity (Wildman–Crippen MR) is 48.7 cm³/mol. The van der Waals surface area contributed by atoms with Crippen LogP contribution in [0.1, 0.15) is 40.5 Å². The Kier molecular flexibility index (Phi) is 12.2. The summed E-state index contributed by atoms with van der Waals surface area (Å²) in [5.74, 6) is 0. The summed E-state index contributed by atoms with van der Waals surface area (Å²) in [6, 6.07) is 0. The highest BCUT2D eigenvalue weighted by Gasteiger charge is 2.00. The molecule has 0 aliphatic heterocycles. The maximum Gasteiger partial charge on any atom is 0.0544 e. The Labute approximate surface area is 70.6 Å². The molecule has 0 spiro atoms. The van der Waals surface area contributed by atoms with Gasteiger partial charge in [0.2, 0.25) is 0 Å². The Morgan fingerprint density at radius 1 is 1.18 bits per heavy atom. The number of rotatable bonds is 4. The predicted octanol–water partition coefficient (Wildman–Crippen LogP) is 2.21. The Bertz CT molecular complexity index is 62.6. The van der Waals surface area contributed by atoms with E-state index in [-0.39, 0.29) is 12.2 Å². The van der Waals surface area contributed by atoms with Crippen molar-refractivity contribution in [3.63, 3.8) is 0 Å². The summed E-state index contributed by atoms with van der Waals surface area (Å²) in [7, 11) is 1.69. The summed E-state index contributed by atoms with van der Waals surface area (Å²) >= 11 is 0. The van der Waals surface area contributed by atoms with Crippen molar-refractivity contribution < 1.29 is 9.84 Å². The molecule has 0 amide bonds. The third kappa shape index (κ3) is 13.0. The average molecular weight is 162 g/mol. The molecule has 0 aromatic rings. The monoisotopic (exact) mass is 162 g/mol. The normalized spacial score (nSPS) is 14.7. The zero-order valence-electron chi connectivity index (χ0n) is 8.42. The topological polar surface area (TPSA) is 29.5 Å². The molecule has 0 saturated carbocycles. The molecule has 0 aromatic heterocycles. The second kappa shape index (κ2) is 9.92. The highest BCUT2D eigenvalue weighted by Crippen LogP contribution is 2.02. The number of hydrogen-bond donors (Lipinski definition) is 1. The average Bonchev–Trinajstić information content (AvgIpc) is 2.04. The molecule has 0 rings (SSSR count). The lowest BCUT2D eigenvalue weighted by Crippen LogP contribution is -2.09. The van der Waals surface area contributed by atoms with Gasteiger partial charge in [-0.2, -0.15) is 0 Å². The molecule has 0 radical (unpaired) electrons. The van der Waals surface area contributed by atoms with Gasteiger partial charge in [-0.25, -0.2) is 0 Å². The first-order chi connectivity index (χ1) is 5.16. The molecule has 2 heteroatoms. The molecule has 0 aliphatic rings. The van der Waals surface area contributed by atoms with E-state index in [9.17, 15) is 0 Å². The van der Waals surface area contributed by atoms with Crippen molar-refractivity contribution in [1.82, 2.24) is 0 Å². The second-order valence-electron chi connectivity index (χ2n) is 2.47. The number of ether oxygens (including phenoxy) is 1. The third-order valence-corrected chi connectivity index (χ3v) is 1.39. The van der Waals surface area contributed by atoms with E-state index in [1.165, 1.54) is 0 Å². The largest absolute Gasteiger partial charge is 0.393 e. The molecule has 70 valence electrons. The molecule has 0 heterocycles. The van der Waals surface area contributed by atoms with Crippen molar-refractivity contribution in [1.29, 1.82) is 0 Å². The van der Waals surface area contributed by atoms with E-state index in [0.717, 1.165) is 12.8 Å². The maximum atomic E-state index is 8.84. The third-order valence-electron chi connectivity index (χ3n) is 1.39. The first-order valence-corrected chi connectivity index (χ1v) is 4.37. The molecule has 0 aliphatic carbocycles. The van der Waals surface area contributed by atoms with Crippen molar-refractivity contribution in [3.05, 3.63) is 0 Å². The molecule has 11 heavy (non-hydrogen) atoms. The fourth-order valence-corrected chi connectivity index (χ4v) is 0.594. The minimum atomic E-state index is -0.192. The van der Waals surface area contributed by atoms with Crippen molar-refractivity contribution in [2.45, 2.75) is 52.7 Å². The fourth-order valence-electron chi connectivity index (χ4n) is 0.594. The van der Waals surface area contributed by atoms with E-state index in [0.29, 0.717) is 0 Å². The van der Waals surface area contributed by atoms with Gasteiger partial charge in [0, 0.05) is 7.11 Å². The van der Waals surface area contributed by atoms with Crippen molar-refractivity contribution >= 4 is 0 Å². The lowest BCUT2D eigenvalue weighted by Gasteiger charge is -2.09. The standard InChI is InChI=1S/C7H16O2.C2H6/c1-6(8)4-5-7(2)9-3;1-2/h6-8H,4-5H2,1-3H3;1-2H3. The van der Waals surface area contributed by atoms with Gasteiger partial charge in [-0.1, -0.05) is 13.8 Å². The van der Waals surface area contributed by atoms with E-state index in [4.69, 9.17) is 9.84 Å². The van der Waals surface area contributed by atoms with Crippen LogP contribution in [0.15, 0.2) is 0 Å². The molecular weight excluding hydrogens is 140 g/mol. The molecular formula is C9H22O2. The Morgan fingerprint density at radius 3 is 1.91 bits per heavy atom. The summed E-state index contributed by atoms with van der Waals surface area (Å²) in [5, 5.41) is 8.84. The Balaban J connectivity index is 0. The molecule has 0 saturated heterocycles. The SMILES string of the molecule is CC.COC(C)CCC(C)O. The Morgan fingerprint density at radius 2 is 1.64 bits per heavy atom. The van der Waals surface area contributed by atoms with Crippen LogP contribution in [0.25, 0.3) is 0 Å². The van der Waals surface area contributed by atoms with Crippen LogP contribution in [0.3, 0.4) is 0 Å². The van der Waals surface area contributed by atoms with Gasteiger partial charge in [-0.05, 0) is 26.7 Å². The van der Waals surface area contributed by atoms with Gasteiger partial charge in [0.15, 0.2) is 0 Å². The van der Waals surface area contributed by atoms with Crippen molar-refractivity contribution in [2.24, 2.45) is 0 Å². The molecule has 2 nitrogen and oxygen atoms in total. The fraction of sp³-hybridized carbons (Fsp3) is 1.00.